The highest BCUT2D eigenvalue weighted by atomic mass is 16.5. The number of hydrogen-bond donors (Lipinski definition) is 2. The van der Waals surface area contributed by atoms with Crippen molar-refractivity contribution in [1.82, 2.24) is 15.6 Å². The highest BCUT2D eigenvalue weighted by Gasteiger charge is 2.73. The fourth-order valence-corrected chi connectivity index (χ4v) is 4.69. The highest BCUT2D eigenvalue weighted by Crippen LogP contribution is 2.74. The van der Waals surface area contributed by atoms with Crippen LogP contribution in [0.5, 0.6) is 5.88 Å². The number of fused-ring (bicyclic) bond motifs is 5. The van der Waals surface area contributed by atoms with E-state index in [-0.39, 0.29) is 12.1 Å². The van der Waals surface area contributed by atoms with Crippen molar-refractivity contribution in [1.29, 1.82) is 0 Å². The molecule has 1 aromatic heterocycles. The number of hydrogen-bond acceptors (Lipinski definition) is 3. The van der Waals surface area contributed by atoms with Gasteiger partial charge in [0.25, 0.3) is 0 Å². The van der Waals surface area contributed by atoms with E-state index in [0.717, 1.165) is 22.9 Å². The first-order valence-electron chi connectivity index (χ1n) is 8.35. The molecule has 5 nitrogen and oxygen atoms in total. The number of nitrogens with one attached hydrogen (secondary N) is 2. The van der Waals surface area contributed by atoms with E-state index in [1.165, 1.54) is 19.3 Å². The number of para-hydroxylation sites is 1. The first-order chi connectivity index (χ1) is 11.2. The molecule has 3 heterocycles. The summed E-state index contributed by atoms with van der Waals surface area (Å²) in [5, 5.41) is 7.23. The first-order valence-corrected chi connectivity index (χ1v) is 8.35. The van der Waals surface area contributed by atoms with Gasteiger partial charge in [0.2, 0.25) is 5.88 Å². The van der Waals surface area contributed by atoms with Crippen LogP contribution in [0.25, 0.3) is 10.9 Å². The molecule has 2 N–H and O–H groups in total. The molecule has 1 spiro atoms. The van der Waals surface area contributed by atoms with Gasteiger partial charge in [-0.3, -0.25) is 5.32 Å². The summed E-state index contributed by atoms with van der Waals surface area (Å²) in [5.74, 6) is 1.11. The lowest BCUT2D eigenvalue weighted by molar-refractivity contribution is -0.0326. The molecule has 3 atom stereocenters. The van der Waals surface area contributed by atoms with Crippen molar-refractivity contribution in [2.75, 3.05) is 0 Å². The number of ether oxygens (including phenoxy) is 1. The second kappa shape index (κ2) is 3.61. The van der Waals surface area contributed by atoms with E-state index >= 15 is 0 Å². The van der Waals surface area contributed by atoms with Crippen LogP contribution in [-0.2, 0) is 0 Å². The summed E-state index contributed by atoms with van der Waals surface area (Å²) in [4.78, 5) is 16.9. The Morgan fingerprint density at radius 3 is 2.91 bits per heavy atom. The Balaban J connectivity index is 1.52. The summed E-state index contributed by atoms with van der Waals surface area (Å²) in [6.45, 7) is 0. The Morgan fingerprint density at radius 2 is 2.09 bits per heavy atom. The third-order valence-corrected chi connectivity index (χ3v) is 6.15. The Labute approximate surface area is 133 Å². The second-order valence-corrected chi connectivity index (χ2v) is 7.54. The van der Waals surface area contributed by atoms with Crippen molar-refractivity contribution in [3.8, 4) is 5.88 Å². The van der Waals surface area contributed by atoms with Crippen LogP contribution < -0.4 is 15.4 Å². The van der Waals surface area contributed by atoms with Gasteiger partial charge in [0.05, 0.1) is 11.6 Å². The topological polar surface area (TPSA) is 63.2 Å². The number of benzene rings is 1. The van der Waals surface area contributed by atoms with Gasteiger partial charge in [-0.2, -0.15) is 0 Å². The fraction of sp³-hybridized carbons (Fsp3) is 0.444. The maximum atomic E-state index is 12.2. The van der Waals surface area contributed by atoms with Crippen LogP contribution in [0.15, 0.2) is 30.3 Å². The zero-order chi connectivity index (χ0) is 15.2. The fourth-order valence-electron chi connectivity index (χ4n) is 4.69. The van der Waals surface area contributed by atoms with Crippen molar-refractivity contribution in [3.63, 3.8) is 0 Å². The van der Waals surface area contributed by atoms with Crippen LogP contribution in [0.4, 0.5) is 4.79 Å². The molecular weight excluding hydrogens is 290 g/mol. The predicted molar refractivity (Wildman–Crippen MR) is 83.9 cm³/mol. The third-order valence-electron chi connectivity index (χ3n) is 6.15. The van der Waals surface area contributed by atoms with Gasteiger partial charge < -0.3 is 10.1 Å². The minimum atomic E-state index is -0.564. The van der Waals surface area contributed by atoms with E-state index < -0.39 is 5.72 Å². The molecule has 2 bridgehead atoms. The van der Waals surface area contributed by atoms with Crippen molar-refractivity contribution in [2.45, 2.75) is 37.5 Å². The Bertz CT molecular complexity index is 876. The molecule has 23 heavy (non-hydrogen) atoms. The van der Waals surface area contributed by atoms with Crippen molar-refractivity contribution >= 4 is 16.9 Å². The Morgan fingerprint density at radius 1 is 1.22 bits per heavy atom. The van der Waals surface area contributed by atoms with Gasteiger partial charge in [-0.25, -0.2) is 9.78 Å². The first kappa shape index (κ1) is 12.2. The van der Waals surface area contributed by atoms with Crippen LogP contribution in [-0.4, -0.2) is 16.7 Å². The Kier molecular flexibility index (Phi) is 1.91. The van der Waals surface area contributed by atoms with E-state index in [0.29, 0.717) is 17.2 Å². The maximum Gasteiger partial charge on any atom is 0.318 e. The quantitative estimate of drug-likeness (QED) is 0.851. The molecule has 2 saturated carbocycles. The summed E-state index contributed by atoms with van der Waals surface area (Å²) < 4.78 is 6.39. The molecule has 116 valence electrons. The molecule has 0 radical (unpaired) electrons. The normalized spacial score (nSPS) is 35.0. The molecule has 1 aromatic carbocycles. The lowest BCUT2D eigenvalue weighted by Gasteiger charge is -2.46. The van der Waals surface area contributed by atoms with E-state index in [2.05, 4.69) is 16.7 Å². The van der Waals surface area contributed by atoms with E-state index in [4.69, 9.17) is 9.72 Å². The van der Waals surface area contributed by atoms with Crippen LogP contribution in [0.3, 0.4) is 0 Å². The summed E-state index contributed by atoms with van der Waals surface area (Å²) in [5.41, 5.74) is 1.82. The minimum Gasteiger partial charge on any atom is -0.450 e. The lowest BCUT2D eigenvalue weighted by Crippen LogP contribution is -2.66. The van der Waals surface area contributed by atoms with Crippen molar-refractivity contribution in [2.24, 2.45) is 11.3 Å². The van der Waals surface area contributed by atoms with Gasteiger partial charge >= 0.3 is 6.03 Å². The number of nitrogens with zero attached hydrogens (tertiary/aromatic N) is 1. The number of urea groups is 1. The second-order valence-electron chi connectivity index (χ2n) is 7.54. The third kappa shape index (κ3) is 1.52. The van der Waals surface area contributed by atoms with E-state index in [1.54, 1.807) is 0 Å². The number of rotatable bonds is 1. The van der Waals surface area contributed by atoms with Gasteiger partial charge in [0.15, 0.2) is 5.72 Å². The SMILES string of the molecule is O=C1NC2CC(C3CC34CC4)(N1)Oc1nc3ccccc3cc12. The molecule has 1 saturated heterocycles. The average Bonchev–Trinajstić information content (AvgIpc) is 3.45. The number of pyridine rings is 1. The number of amides is 2. The van der Waals surface area contributed by atoms with Crippen molar-refractivity contribution in [3.05, 3.63) is 35.9 Å². The molecule has 3 fully saturated rings. The zero-order valence-corrected chi connectivity index (χ0v) is 12.6. The summed E-state index contributed by atoms with van der Waals surface area (Å²) >= 11 is 0. The van der Waals surface area contributed by atoms with Gasteiger partial charge in [-0.1, -0.05) is 18.2 Å². The van der Waals surface area contributed by atoms with Crippen LogP contribution in [0.1, 0.15) is 37.3 Å². The standard InChI is InChI=1S/C18H17N3O2/c22-16-20-13-8-18(21-16,14-9-17(14)5-6-17)23-15-11(13)7-10-3-1-2-4-12(10)19-15/h1-4,7,13-14H,5-6,8-9H2,(H2,20,21,22). The molecule has 6 rings (SSSR count). The van der Waals surface area contributed by atoms with Crippen LogP contribution in [0.2, 0.25) is 0 Å². The minimum absolute atomic E-state index is 0.0130. The molecule has 5 heteroatoms. The van der Waals surface area contributed by atoms with Gasteiger partial charge in [0.1, 0.15) is 0 Å². The van der Waals surface area contributed by atoms with Gasteiger partial charge in [-0.05, 0) is 36.8 Å². The van der Waals surface area contributed by atoms with Crippen LogP contribution >= 0.6 is 0 Å². The van der Waals surface area contributed by atoms with Crippen molar-refractivity contribution < 1.29 is 9.53 Å². The molecule has 2 aromatic rings. The number of carbonyl (C=O) groups excluding carboxylic acids is 1. The van der Waals surface area contributed by atoms with E-state index in [1.807, 2.05) is 24.3 Å². The number of carbonyl (C=O) groups is 1. The highest BCUT2D eigenvalue weighted by molar-refractivity contribution is 5.82. The van der Waals surface area contributed by atoms with Gasteiger partial charge in [0, 0.05) is 23.3 Å². The lowest BCUT2D eigenvalue weighted by atomic mass is 9.87. The summed E-state index contributed by atoms with van der Waals surface area (Å²) in [6.07, 6.45) is 4.50. The molecule has 2 aliphatic heterocycles. The largest absolute Gasteiger partial charge is 0.450 e. The van der Waals surface area contributed by atoms with Gasteiger partial charge in [-0.15, -0.1) is 0 Å². The average molecular weight is 307 g/mol. The summed E-state index contributed by atoms with van der Waals surface area (Å²) in [7, 11) is 0. The summed E-state index contributed by atoms with van der Waals surface area (Å²) in [6, 6.07) is 10.0. The monoisotopic (exact) mass is 307 g/mol. The predicted octanol–water partition coefficient (Wildman–Crippen LogP) is 2.87. The molecule has 3 unspecified atom stereocenters. The maximum absolute atomic E-state index is 12.2. The van der Waals surface area contributed by atoms with Crippen LogP contribution in [0, 0.1) is 11.3 Å². The molecule has 2 aliphatic carbocycles. The smallest absolute Gasteiger partial charge is 0.318 e. The molecule has 4 aliphatic rings. The van der Waals surface area contributed by atoms with E-state index in [9.17, 15) is 4.79 Å². The zero-order valence-electron chi connectivity index (χ0n) is 12.6. The Hall–Kier alpha value is -2.30. The molecule has 2 amide bonds. The number of aromatic nitrogens is 1. The molecular formula is C18H17N3O2.